The molecule has 0 spiro atoms. The fraction of sp³-hybridized carbons (Fsp3) is 0.188. The van der Waals surface area contributed by atoms with Crippen molar-refractivity contribution in [2.24, 2.45) is 0 Å². The zero-order valence-corrected chi connectivity index (χ0v) is 12.3. The molecule has 2 aromatic carbocycles. The summed E-state index contributed by atoms with van der Waals surface area (Å²) in [4.78, 5) is 14.0. The first kappa shape index (κ1) is 13.8. The lowest BCUT2D eigenvalue weighted by Gasteiger charge is -2.20. The Morgan fingerprint density at radius 2 is 2.00 bits per heavy atom. The first-order valence-corrected chi connectivity index (χ1v) is 6.91. The maximum atomic E-state index is 12.3. The number of amides is 1. The summed E-state index contributed by atoms with van der Waals surface area (Å²) >= 11 is 6.10. The van der Waals surface area contributed by atoms with Gasteiger partial charge in [-0.2, -0.15) is 0 Å². The van der Waals surface area contributed by atoms with Crippen LogP contribution in [-0.2, 0) is 11.3 Å². The molecule has 3 rings (SSSR count). The van der Waals surface area contributed by atoms with Gasteiger partial charge in [-0.05, 0) is 18.2 Å². The van der Waals surface area contributed by atoms with Gasteiger partial charge >= 0.3 is 0 Å². The third-order valence-corrected chi connectivity index (χ3v) is 3.57. The van der Waals surface area contributed by atoms with Crippen LogP contribution in [0.25, 0.3) is 0 Å². The SMILES string of the molecule is COc1cc(Cl)cc2c1OCC(=O)N(c1ccccc1)C2. The Hall–Kier alpha value is -2.20. The predicted octanol–water partition coefficient (Wildman–Crippen LogP) is 3.27. The first-order chi connectivity index (χ1) is 10.2. The summed E-state index contributed by atoms with van der Waals surface area (Å²) in [6.07, 6.45) is 0. The molecule has 0 saturated carbocycles. The van der Waals surface area contributed by atoms with Crippen molar-refractivity contribution in [2.45, 2.75) is 6.54 Å². The molecule has 0 bridgehead atoms. The number of rotatable bonds is 2. The maximum absolute atomic E-state index is 12.3. The van der Waals surface area contributed by atoms with E-state index in [4.69, 9.17) is 21.1 Å². The number of methoxy groups -OCH3 is 1. The molecule has 4 nitrogen and oxygen atoms in total. The predicted molar refractivity (Wildman–Crippen MR) is 81.1 cm³/mol. The molecule has 0 saturated heterocycles. The summed E-state index contributed by atoms with van der Waals surface area (Å²) in [5.41, 5.74) is 1.66. The van der Waals surface area contributed by atoms with Crippen LogP contribution in [-0.4, -0.2) is 19.6 Å². The van der Waals surface area contributed by atoms with E-state index < -0.39 is 0 Å². The van der Waals surface area contributed by atoms with Gasteiger partial charge < -0.3 is 14.4 Å². The average Bonchev–Trinajstić information content (AvgIpc) is 2.67. The molecule has 1 heterocycles. The molecule has 108 valence electrons. The van der Waals surface area contributed by atoms with Crippen molar-refractivity contribution in [1.29, 1.82) is 0 Å². The molecular weight excluding hydrogens is 290 g/mol. The van der Waals surface area contributed by atoms with E-state index >= 15 is 0 Å². The zero-order valence-electron chi connectivity index (χ0n) is 11.5. The van der Waals surface area contributed by atoms with Crippen LogP contribution in [0.5, 0.6) is 11.5 Å². The molecule has 1 aliphatic rings. The molecule has 0 fully saturated rings. The standard InChI is InChI=1S/C16H14ClNO3/c1-20-14-8-12(17)7-11-9-18(13-5-3-2-4-6-13)15(19)10-21-16(11)14/h2-8H,9-10H2,1H3. The molecule has 0 radical (unpaired) electrons. The van der Waals surface area contributed by atoms with Gasteiger partial charge in [0.2, 0.25) is 0 Å². The van der Waals surface area contributed by atoms with E-state index in [-0.39, 0.29) is 12.5 Å². The molecule has 1 amide bonds. The van der Waals surface area contributed by atoms with Gasteiger partial charge in [0.25, 0.3) is 5.91 Å². The van der Waals surface area contributed by atoms with Gasteiger partial charge in [-0.25, -0.2) is 0 Å². The van der Waals surface area contributed by atoms with E-state index in [9.17, 15) is 4.79 Å². The van der Waals surface area contributed by atoms with Crippen LogP contribution in [0.3, 0.4) is 0 Å². The van der Waals surface area contributed by atoms with E-state index in [2.05, 4.69) is 0 Å². The number of anilines is 1. The van der Waals surface area contributed by atoms with Crippen LogP contribution in [0.1, 0.15) is 5.56 Å². The monoisotopic (exact) mass is 303 g/mol. The number of nitrogens with zero attached hydrogens (tertiary/aromatic N) is 1. The average molecular weight is 304 g/mol. The van der Waals surface area contributed by atoms with Gasteiger partial charge in [0.1, 0.15) is 0 Å². The van der Waals surface area contributed by atoms with Gasteiger partial charge in [-0.1, -0.05) is 29.8 Å². The summed E-state index contributed by atoms with van der Waals surface area (Å²) in [5, 5.41) is 0.552. The van der Waals surface area contributed by atoms with Crippen molar-refractivity contribution in [1.82, 2.24) is 0 Å². The van der Waals surface area contributed by atoms with Gasteiger partial charge in [-0.15, -0.1) is 0 Å². The molecular formula is C16H14ClNO3. The Balaban J connectivity index is 2.04. The largest absolute Gasteiger partial charge is 0.493 e. The van der Waals surface area contributed by atoms with E-state index in [0.717, 1.165) is 11.3 Å². The highest BCUT2D eigenvalue weighted by Crippen LogP contribution is 2.37. The lowest BCUT2D eigenvalue weighted by molar-refractivity contribution is -0.120. The summed E-state index contributed by atoms with van der Waals surface area (Å²) in [7, 11) is 1.55. The van der Waals surface area contributed by atoms with Crippen LogP contribution in [0.4, 0.5) is 5.69 Å². The molecule has 0 aliphatic carbocycles. The van der Waals surface area contributed by atoms with Crippen molar-refractivity contribution in [3.05, 3.63) is 53.1 Å². The Labute approximate surface area is 127 Å². The van der Waals surface area contributed by atoms with Gasteiger partial charge in [0, 0.05) is 22.3 Å². The van der Waals surface area contributed by atoms with E-state index in [0.29, 0.717) is 23.1 Å². The normalized spacial score (nSPS) is 14.2. The number of hydrogen-bond donors (Lipinski definition) is 0. The lowest BCUT2D eigenvalue weighted by Crippen LogP contribution is -2.32. The van der Waals surface area contributed by atoms with Crippen molar-refractivity contribution < 1.29 is 14.3 Å². The minimum absolute atomic E-state index is 0.0279. The van der Waals surface area contributed by atoms with E-state index in [1.807, 2.05) is 30.3 Å². The highest BCUT2D eigenvalue weighted by molar-refractivity contribution is 6.30. The fourth-order valence-electron chi connectivity index (χ4n) is 2.37. The van der Waals surface area contributed by atoms with Crippen molar-refractivity contribution >= 4 is 23.2 Å². The number of fused-ring (bicyclic) bond motifs is 1. The smallest absolute Gasteiger partial charge is 0.265 e. The van der Waals surface area contributed by atoms with Gasteiger partial charge in [0.05, 0.1) is 13.7 Å². The highest BCUT2D eigenvalue weighted by atomic mass is 35.5. The zero-order chi connectivity index (χ0) is 14.8. The Bertz CT molecular complexity index is 673. The van der Waals surface area contributed by atoms with E-state index in [1.54, 1.807) is 24.1 Å². The van der Waals surface area contributed by atoms with Crippen LogP contribution in [0.2, 0.25) is 5.02 Å². The fourth-order valence-corrected chi connectivity index (χ4v) is 2.60. The molecule has 2 aromatic rings. The van der Waals surface area contributed by atoms with Crippen LogP contribution < -0.4 is 14.4 Å². The van der Waals surface area contributed by atoms with Crippen molar-refractivity contribution in [3.8, 4) is 11.5 Å². The van der Waals surface area contributed by atoms with Crippen LogP contribution >= 0.6 is 11.6 Å². The Morgan fingerprint density at radius 1 is 1.24 bits per heavy atom. The number of carbonyl (C=O) groups is 1. The first-order valence-electron chi connectivity index (χ1n) is 6.53. The van der Waals surface area contributed by atoms with Crippen LogP contribution in [0, 0.1) is 0 Å². The summed E-state index contributed by atoms with van der Waals surface area (Å²) in [5.74, 6) is 1.02. The third-order valence-electron chi connectivity index (χ3n) is 3.35. The van der Waals surface area contributed by atoms with Crippen molar-refractivity contribution in [3.63, 3.8) is 0 Å². The molecule has 5 heteroatoms. The number of benzene rings is 2. The van der Waals surface area contributed by atoms with Crippen molar-refractivity contribution in [2.75, 3.05) is 18.6 Å². The summed E-state index contributed by atoms with van der Waals surface area (Å²) in [6, 6.07) is 13.0. The summed E-state index contributed by atoms with van der Waals surface area (Å²) in [6.45, 7) is 0.370. The molecule has 0 unspecified atom stereocenters. The molecule has 1 aliphatic heterocycles. The van der Waals surface area contributed by atoms with Crippen LogP contribution in [0.15, 0.2) is 42.5 Å². The van der Waals surface area contributed by atoms with E-state index in [1.165, 1.54) is 0 Å². The maximum Gasteiger partial charge on any atom is 0.265 e. The molecule has 0 atom stereocenters. The number of hydrogen-bond acceptors (Lipinski definition) is 3. The number of ether oxygens (including phenoxy) is 2. The highest BCUT2D eigenvalue weighted by Gasteiger charge is 2.25. The number of para-hydroxylation sites is 1. The second-order valence-electron chi connectivity index (χ2n) is 4.70. The Kier molecular flexibility index (Phi) is 3.71. The minimum Gasteiger partial charge on any atom is -0.493 e. The minimum atomic E-state index is -0.101. The van der Waals surface area contributed by atoms with Gasteiger partial charge in [-0.3, -0.25) is 4.79 Å². The molecule has 0 N–H and O–H groups in total. The molecule has 0 aromatic heterocycles. The van der Waals surface area contributed by atoms with Gasteiger partial charge in [0.15, 0.2) is 18.1 Å². The lowest BCUT2D eigenvalue weighted by atomic mass is 10.1. The topological polar surface area (TPSA) is 38.8 Å². The number of halogens is 1. The Morgan fingerprint density at radius 3 is 2.71 bits per heavy atom. The quantitative estimate of drug-likeness (QED) is 0.854. The summed E-state index contributed by atoms with van der Waals surface area (Å²) < 4.78 is 10.9. The third kappa shape index (κ3) is 2.67. The second kappa shape index (κ2) is 5.66. The molecule has 21 heavy (non-hydrogen) atoms. The number of carbonyl (C=O) groups excluding carboxylic acids is 1. The second-order valence-corrected chi connectivity index (χ2v) is 5.14.